The SMILES string of the molecule is CCC1CCN(C(=O)c2c(Cl)cccc2S(=O)(=O)Cl)C1. The van der Waals surface area contributed by atoms with Crippen LogP contribution in [0.15, 0.2) is 23.1 Å². The number of likely N-dealkylation sites (tertiary alicyclic amines) is 1. The second-order valence-corrected chi connectivity index (χ2v) is 7.81. The number of benzene rings is 1. The molecular weight excluding hydrogens is 321 g/mol. The number of halogens is 2. The van der Waals surface area contributed by atoms with Gasteiger partial charge >= 0.3 is 0 Å². The highest BCUT2D eigenvalue weighted by Gasteiger charge is 2.31. The Hall–Kier alpha value is -0.780. The van der Waals surface area contributed by atoms with Gasteiger partial charge in [0, 0.05) is 23.8 Å². The third-order valence-corrected chi connectivity index (χ3v) is 5.28. The Morgan fingerprint density at radius 2 is 2.15 bits per heavy atom. The molecule has 0 radical (unpaired) electrons. The van der Waals surface area contributed by atoms with Crippen molar-refractivity contribution < 1.29 is 13.2 Å². The van der Waals surface area contributed by atoms with Gasteiger partial charge in [0.05, 0.1) is 15.5 Å². The molecule has 0 aliphatic carbocycles. The van der Waals surface area contributed by atoms with Crippen LogP contribution in [0.3, 0.4) is 0 Å². The number of amides is 1. The molecule has 1 aromatic carbocycles. The lowest BCUT2D eigenvalue weighted by atomic mass is 10.1. The topological polar surface area (TPSA) is 54.5 Å². The molecule has 1 atom stereocenters. The van der Waals surface area contributed by atoms with Crippen molar-refractivity contribution in [2.75, 3.05) is 13.1 Å². The molecule has 1 amide bonds. The van der Waals surface area contributed by atoms with Crippen LogP contribution in [0, 0.1) is 5.92 Å². The molecule has 1 unspecified atom stereocenters. The summed E-state index contributed by atoms with van der Waals surface area (Å²) in [6.07, 6.45) is 1.92. The van der Waals surface area contributed by atoms with E-state index in [1.54, 1.807) is 4.90 Å². The van der Waals surface area contributed by atoms with E-state index >= 15 is 0 Å². The third-order valence-electron chi connectivity index (χ3n) is 3.60. The molecule has 1 saturated heterocycles. The Bertz CT molecular complexity index is 631. The highest BCUT2D eigenvalue weighted by molar-refractivity contribution is 8.13. The molecule has 0 spiro atoms. The molecule has 0 bridgehead atoms. The molecule has 1 aliphatic heterocycles. The van der Waals surface area contributed by atoms with Gasteiger partial charge in [-0.3, -0.25) is 4.79 Å². The summed E-state index contributed by atoms with van der Waals surface area (Å²) in [5, 5.41) is 0.108. The molecule has 1 fully saturated rings. The summed E-state index contributed by atoms with van der Waals surface area (Å²) in [5.41, 5.74) is -0.0269. The number of carbonyl (C=O) groups is 1. The molecule has 110 valence electrons. The lowest BCUT2D eigenvalue weighted by Crippen LogP contribution is -2.30. The van der Waals surface area contributed by atoms with Crippen LogP contribution in [0.25, 0.3) is 0 Å². The average molecular weight is 336 g/mol. The van der Waals surface area contributed by atoms with Crippen LogP contribution in [-0.2, 0) is 9.05 Å². The van der Waals surface area contributed by atoms with E-state index in [2.05, 4.69) is 6.92 Å². The van der Waals surface area contributed by atoms with Crippen LogP contribution >= 0.6 is 22.3 Å². The number of carbonyl (C=O) groups excluding carboxylic acids is 1. The molecule has 1 aromatic rings. The Balaban J connectivity index is 2.40. The highest BCUT2D eigenvalue weighted by atomic mass is 35.7. The van der Waals surface area contributed by atoms with Crippen molar-refractivity contribution in [3.8, 4) is 0 Å². The monoisotopic (exact) mass is 335 g/mol. The average Bonchev–Trinajstić information content (AvgIpc) is 2.85. The van der Waals surface area contributed by atoms with E-state index in [0.717, 1.165) is 12.8 Å². The zero-order valence-corrected chi connectivity index (χ0v) is 13.3. The molecule has 20 heavy (non-hydrogen) atoms. The maximum Gasteiger partial charge on any atom is 0.262 e. The first kappa shape index (κ1) is 15.6. The summed E-state index contributed by atoms with van der Waals surface area (Å²) in [6, 6.07) is 4.26. The normalized spacial score (nSPS) is 19.4. The van der Waals surface area contributed by atoms with E-state index in [1.165, 1.54) is 18.2 Å². The molecule has 1 aliphatic rings. The third kappa shape index (κ3) is 3.10. The molecule has 4 nitrogen and oxygen atoms in total. The van der Waals surface area contributed by atoms with Crippen molar-refractivity contribution in [1.29, 1.82) is 0 Å². The molecule has 2 rings (SSSR count). The minimum Gasteiger partial charge on any atom is -0.338 e. The smallest absolute Gasteiger partial charge is 0.262 e. The van der Waals surface area contributed by atoms with Gasteiger partial charge in [-0.25, -0.2) is 8.42 Å². The summed E-state index contributed by atoms with van der Waals surface area (Å²) in [4.78, 5) is 13.9. The second-order valence-electron chi connectivity index (χ2n) is 4.86. The van der Waals surface area contributed by atoms with Gasteiger partial charge < -0.3 is 4.90 Å². The second kappa shape index (κ2) is 5.92. The van der Waals surface area contributed by atoms with Gasteiger partial charge in [-0.15, -0.1) is 0 Å². The van der Waals surface area contributed by atoms with E-state index < -0.39 is 9.05 Å². The van der Waals surface area contributed by atoms with Crippen LogP contribution in [-0.4, -0.2) is 32.3 Å². The zero-order valence-electron chi connectivity index (χ0n) is 11.0. The van der Waals surface area contributed by atoms with E-state index in [1.807, 2.05) is 0 Å². The summed E-state index contributed by atoms with van der Waals surface area (Å²) < 4.78 is 23.2. The van der Waals surface area contributed by atoms with Crippen molar-refractivity contribution in [3.63, 3.8) is 0 Å². The molecule has 0 aromatic heterocycles. The van der Waals surface area contributed by atoms with E-state index in [9.17, 15) is 13.2 Å². The van der Waals surface area contributed by atoms with Gasteiger partial charge in [0.25, 0.3) is 15.0 Å². The number of hydrogen-bond donors (Lipinski definition) is 0. The standard InChI is InChI=1S/C13H15Cl2NO3S/c1-2-9-6-7-16(8-9)13(17)12-10(14)4-3-5-11(12)20(15,18)19/h3-5,9H,2,6-8H2,1H3. The number of nitrogens with zero attached hydrogens (tertiary/aromatic N) is 1. The summed E-state index contributed by atoms with van der Waals surface area (Å²) >= 11 is 6.01. The van der Waals surface area contributed by atoms with Crippen molar-refractivity contribution >= 4 is 37.2 Å². The fourth-order valence-corrected chi connectivity index (χ4v) is 3.80. The molecule has 0 saturated carbocycles. The summed E-state index contributed by atoms with van der Waals surface area (Å²) in [6.45, 7) is 3.31. The molecule has 0 N–H and O–H groups in total. The van der Waals surface area contributed by atoms with Crippen molar-refractivity contribution in [2.24, 2.45) is 5.92 Å². The zero-order chi connectivity index (χ0) is 14.9. The summed E-state index contributed by atoms with van der Waals surface area (Å²) in [7, 11) is 1.38. The maximum absolute atomic E-state index is 12.5. The molecule has 7 heteroatoms. The largest absolute Gasteiger partial charge is 0.338 e. The Kier molecular flexibility index (Phi) is 4.62. The van der Waals surface area contributed by atoms with Crippen LogP contribution in [0.5, 0.6) is 0 Å². The van der Waals surface area contributed by atoms with Crippen LogP contribution < -0.4 is 0 Å². The fourth-order valence-electron chi connectivity index (χ4n) is 2.42. The van der Waals surface area contributed by atoms with E-state index in [4.69, 9.17) is 22.3 Å². The number of rotatable bonds is 3. The van der Waals surface area contributed by atoms with Gasteiger partial charge in [0.15, 0.2) is 0 Å². The van der Waals surface area contributed by atoms with Crippen LogP contribution in [0.1, 0.15) is 30.1 Å². The van der Waals surface area contributed by atoms with Gasteiger partial charge in [0.1, 0.15) is 0 Å². The first-order valence-corrected chi connectivity index (χ1v) is 9.05. The lowest BCUT2D eigenvalue weighted by Gasteiger charge is -2.18. The van der Waals surface area contributed by atoms with E-state index in [0.29, 0.717) is 19.0 Å². The quantitative estimate of drug-likeness (QED) is 0.797. The van der Waals surface area contributed by atoms with Crippen LogP contribution in [0.2, 0.25) is 5.02 Å². The summed E-state index contributed by atoms with van der Waals surface area (Å²) in [5.74, 6) is 0.0864. The Morgan fingerprint density at radius 3 is 2.70 bits per heavy atom. The van der Waals surface area contributed by atoms with Gasteiger partial charge in [-0.1, -0.05) is 31.0 Å². The first-order chi connectivity index (χ1) is 9.34. The predicted octanol–water partition coefficient (Wildman–Crippen LogP) is 3.14. The Labute approximate surface area is 128 Å². The first-order valence-electron chi connectivity index (χ1n) is 6.37. The van der Waals surface area contributed by atoms with Gasteiger partial charge in [-0.05, 0) is 24.5 Å². The number of hydrogen-bond acceptors (Lipinski definition) is 3. The Morgan fingerprint density at radius 1 is 1.45 bits per heavy atom. The van der Waals surface area contributed by atoms with Gasteiger partial charge in [0.2, 0.25) is 0 Å². The molecular formula is C13H15Cl2NO3S. The minimum atomic E-state index is -4.01. The van der Waals surface area contributed by atoms with Gasteiger partial charge in [-0.2, -0.15) is 0 Å². The van der Waals surface area contributed by atoms with Crippen molar-refractivity contribution in [1.82, 2.24) is 4.90 Å². The lowest BCUT2D eigenvalue weighted by molar-refractivity contribution is 0.0783. The molecule has 1 heterocycles. The van der Waals surface area contributed by atoms with Crippen molar-refractivity contribution in [3.05, 3.63) is 28.8 Å². The van der Waals surface area contributed by atoms with E-state index in [-0.39, 0.29) is 21.4 Å². The minimum absolute atomic E-state index is 0.0269. The van der Waals surface area contributed by atoms with Crippen LogP contribution in [0.4, 0.5) is 0 Å². The fraction of sp³-hybridized carbons (Fsp3) is 0.462. The highest BCUT2D eigenvalue weighted by Crippen LogP contribution is 2.30. The van der Waals surface area contributed by atoms with Crippen molar-refractivity contribution in [2.45, 2.75) is 24.7 Å². The maximum atomic E-state index is 12.5. The predicted molar refractivity (Wildman–Crippen MR) is 78.8 cm³/mol.